The number of amides is 3. The second kappa shape index (κ2) is 6.18. The lowest BCUT2D eigenvalue weighted by Gasteiger charge is -2.35. The fraction of sp³-hybridized carbons (Fsp3) is 0.400. The SMILES string of the molecule is O=CN1CCN([C@H]2CC(=O)N(c3ccc(Br)cc3)C2=O)CC1. The Morgan fingerprint density at radius 1 is 1.05 bits per heavy atom. The predicted molar refractivity (Wildman–Crippen MR) is 84.3 cm³/mol. The van der Waals surface area contributed by atoms with Gasteiger partial charge in [0, 0.05) is 30.7 Å². The van der Waals surface area contributed by atoms with Crippen molar-refractivity contribution >= 4 is 39.8 Å². The molecule has 0 aromatic heterocycles. The normalized spacial score (nSPS) is 23.2. The van der Waals surface area contributed by atoms with E-state index >= 15 is 0 Å². The predicted octanol–water partition coefficient (Wildman–Crippen LogP) is 0.855. The van der Waals surface area contributed by atoms with Crippen LogP contribution in [-0.4, -0.2) is 60.2 Å². The smallest absolute Gasteiger partial charge is 0.251 e. The standard InChI is InChI=1S/C15H16BrN3O3/c16-11-1-3-12(4-2-11)19-14(21)9-13(15(19)22)18-7-5-17(10-20)6-8-18/h1-4,10,13H,5-9H2/t13-/m0/s1. The molecule has 2 fully saturated rings. The van der Waals surface area contributed by atoms with E-state index in [1.165, 1.54) is 4.90 Å². The number of anilines is 1. The summed E-state index contributed by atoms with van der Waals surface area (Å²) in [6.45, 7) is 2.44. The molecule has 1 atom stereocenters. The number of imide groups is 1. The van der Waals surface area contributed by atoms with E-state index in [0.29, 0.717) is 31.9 Å². The minimum Gasteiger partial charge on any atom is -0.343 e. The Balaban J connectivity index is 1.74. The summed E-state index contributed by atoms with van der Waals surface area (Å²) in [5, 5.41) is 0. The van der Waals surface area contributed by atoms with Gasteiger partial charge in [-0.3, -0.25) is 19.3 Å². The van der Waals surface area contributed by atoms with Gasteiger partial charge < -0.3 is 4.90 Å². The van der Waals surface area contributed by atoms with Gasteiger partial charge in [-0.05, 0) is 24.3 Å². The lowest BCUT2D eigenvalue weighted by atomic mass is 10.2. The fourth-order valence-corrected chi connectivity index (χ4v) is 3.18. The molecule has 2 aliphatic rings. The number of hydrogen-bond acceptors (Lipinski definition) is 4. The Morgan fingerprint density at radius 3 is 2.27 bits per heavy atom. The molecule has 0 aliphatic carbocycles. The lowest BCUT2D eigenvalue weighted by Crippen LogP contribution is -2.52. The van der Waals surface area contributed by atoms with E-state index in [1.807, 2.05) is 17.0 Å². The Bertz CT molecular complexity index is 597. The Morgan fingerprint density at radius 2 is 1.68 bits per heavy atom. The van der Waals surface area contributed by atoms with Gasteiger partial charge >= 0.3 is 0 Å². The highest BCUT2D eigenvalue weighted by Gasteiger charge is 2.43. The monoisotopic (exact) mass is 365 g/mol. The van der Waals surface area contributed by atoms with Crippen molar-refractivity contribution in [3.8, 4) is 0 Å². The summed E-state index contributed by atoms with van der Waals surface area (Å²) >= 11 is 3.34. The molecular weight excluding hydrogens is 350 g/mol. The van der Waals surface area contributed by atoms with Gasteiger partial charge in [0.25, 0.3) is 5.91 Å². The van der Waals surface area contributed by atoms with Gasteiger partial charge in [0.15, 0.2) is 0 Å². The number of carbonyl (C=O) groups is 3. The van der Waals surface area contributed by atoms with Crippen LogP contribution in [0.2, 0.25) is 0 Å². The Hall–Kier alpha value is -1.73. The lowest BCUT2D eigenvalue weighted by molar-refractivity contribution is -0.124. The second-order valence-corrected chi connectivity index (χ2v) is 6.36. The van der Waals surface area contributed by atoms with Crippen LogP contribution < -0.4 is 4.90 Å². The molecule has 6 nitrogen and oxygen atoms in total. The van der Waals surface area contributed by atoms with Gasteiger partial charge in [0.1, 0.15) is 0 Å². The van der Waals surface area contributed by atoms with E-state index in [9.17, 15) is 14.4 Å². The van der Waals surface area contributed by atoms with E-state index in [0.717, 1.165) is 10.9 Å². The van der Waals surface area contributed by atoms with E-state index in [2.05, 4.69) is 15.9 Å². The maximum absolute atomic E-state index is 12.6. The van der Waals surface area contributed by atoms with Crippen molar-refractivity contribution in [2.75, 3.05) is 31.1 Å². The molecule has 2 heterocycles. The van der Waals surface area contributed by atoms with Gasteiger partial charge in [0.2, 0.25) is 12.3 Å². The van der Waals surface area contributed by atoms with Gasteiger partial charge in [0.05, 0.1) is 18.2 Å². The number of hydrogen-bond donors (Lipinski definition) is 0. The number of nitrogens with zero attached hydrogens (tertiary/aromatic N) is 3. The second-order valence-electron chi connectivity index (χ2n) is 5.44. The zero-order chi connectivity index (χ0) is 15.7. The maximum atomic E-state index is 12.6. The Labute approximate surface area is 136 Å². The van der Waals surface area contributed by atoms with Crippen molar-refractivity contribution < 1.29 is 14.4 Å². The van der Waals surface area contributed by atoms with E-state index in [-0.39, 0.29) is 18.2 Å². The quantitative estimate of drug-likeness (QED) is 0.588. The summed E-state index contributed by atoms with van der Waals surface area (Å²) in [7, 11) is 0. The molecule has 0 saturated carbocycles. The zero-order valence-electron chi connectivity index (χ0n) is 11.9. The first kappa shape index (κ1) is 15.2. The third-order valence-corrected chi connectivity index (χ3v) is 4.68. The highest BCUT2D eigenvalue weighted by molar-refractivity contribution is 9.10. The van der Waals surface area contributed by atoms with Crippen LogP contribution in [0, 0.1) is 0 Å². The number of rotatable bonds is 3. The molecule has 7 heteroatoms. The molecule has 3 rings (SSSR count). The number of halogens is 1. The highest BCUT2D eigenvalue weighted by atomic mass is 79.9. The van der Waals surface area contributed by atoms with Crippen LogP contribution in [-0.2, 0) is 14.4 Å². The van der Waals surface area contributed by atoms with E-state index in [4.69, 9.17) is 0 Å². The van der Waals surface area contributed by atoms with Crippen molar-refractivity contribution in [2.45, 2.75) is 12.5 Å². The molecule has 2 saturated heterocycles. The van der Waals surface area contributed by atoms with Gasteiger partial charge in [-0.1, -0.05) is 15.9 Å². The molecule has 0 unspecified atom stereocenters. The third kappa shape index (κ3) is 2.78. The summed E-state index contributed by atoms with van der Waals surface area (Å²) < 4.78 is 0.900. The van der Waals surface area contributed by atoms with Crippen LogP contribution >= 0.6 is 15.9 Å². The molecule has 1 aromatic rings. The van der Waals surface area contributed by atoms with E-state index < -0.39 is 6.04 Å². The van der Waals surface area contributed by atoms with Crippen LogP contribution in [0.15, 0.2) is 28.7 Å². The van der Waals surface area contributed by atoms with Crippen LogP contribution in [0.3, 0.4) is 0 Å². The zero-order valence-corrected chi connectivity index (χ0v) is 13.5. The average molecular weight is 366 g/mol. The molecular formula is C15H16BrN3O3. The fourth-order valence-electron chi connectivity index (χ4n) is 2.92. The molecule has 0 bridgehead atoms. The van der Waals surface area contributed by atoms with Gasteiger partial charge in [-0.15, -0.1) is 0 Å². The van der Waals surface area contributed by atoms with Crippen LogP contribution in [0.5, 0.6) is 0 Å². The maximum Gasteiger partial charge on any atom is 0.251 e. The van der Waals surface area contributed by atoms with Crippen LogP contribution in [0.1, 0.15) is 6.42 Å². The van der Waals surface area contributed by atoms with Crippen LogP contribution in [0.4, 0.5) is 5.69 Å². The summed E-state index contributed by atoms with van der Waals surface area (Å²) in [4.78, 5) is 40.6. The molecule has 0 radical (unpaired) electrons. The number of benzene rings is 1. The molecule has 2 aliphatic heterocycles. The molecule has 22 heavy (non-hydrogen) atoms. The first-order valence-corrected chi connectivity index (χ1v) is 7.95. The van der Waals surface area contributed by atoms with Gasteiger partial charge in [-0.2, -0.15) is 0 Å². The largest absolute Gasteiger partial charge is 0.343 e. The molecule has 3 amide bonds. The van der Waals surface area contributed by atoms with Crippen LogP contribution in [0.25, 0.3) is 0 Å². The van der Waals surface area contributed by atoms with Crippen molar-refractivity contribution in [1.82, 2.24) is 9.80 Å². The van der Waals surface area contributed by atoms with E-state index in [1.54, 1.807) is 17.0 Å². The first-order valence-electron chi connectivity index (χ1n) is 7.16. The number of carbonyl (C=O) groups excluding carboxylic acids is 3. The van der Waals surface area contributed by atoms with Crippen molar-refractivity contribution in [2.24, 2.45) is 0 Å². The summed E-state index contributed by atoms with van der Waals surface area (Å²) in [6, 6.07) is 6.72. The average Bonchev–Trinajstić information content (AvgIpc) is 2.83. The molecule has 116 valence electrons. The van der Waals surface area contributed by atoms with Gasteiger partial charge in [-0.25, -0.2) is 4.90 Å². The van der Waals surface area contributed by atoms with Crippen molar-refractivity contribution in [3.63, 3.8) is 0 Å². The third-order valence-electron chi connectivity index (χ3n) is 4.15. The van der Waals surface area contributed by atoms with Crippen molar-refractivity contribution in [3.05, 3.63) is 28.7 Å². The minimum atomic E-state index is -0.412. The summed E-state index contributed by atoms with van der Waals surface area (Å²) in [6.07, 6.45) is 1.03. The van der Waals surface area contributed by atoms with Crippen molar-refractivity contribution in [1.29, 1.82) is 0 Å². The summed E-state index contributed by atoms with van der Waals surface area (Å²) in [5.41, 5.74) is 0.604. The molecule has 1 aromatic carbocycles. The summed E-state index contributed by atoms with van der Waals surface area (Å²) in [5.74, 6) is -0.345. The number of piperazine rings is 1. The minimum absolute atomic E-state index is 0.171. The highest BCUT2D eigenvalue weighted by Crippen LogP contribution is 2.27. The molecule has 0 N–H and O–H groups in total. The Kier molecular flexibility index (Phi) is 4.26. The first-order chi connectivity index (χ1) is 10.6. The topological polar surface area (TPSA) is 60.9 Å². The molecule has 0 spiro atoms.